The standard InChI is InChI=1S/C10H18.C7H14O4.C6H12.C6H6.C4H8O2.8C2H6/c1-2-6-10-8-4-3-7-9(10)5-1;1-3-4(2)11-7(10)6(9)5(3)8;2*1-2-4-6-5-3-1;1-2-6-4-3-5-1;8*1-2/h9-10H,1-8H2;3-10H,1-2H3;1-6H2;1-6H;1-4H2;8*1-2H3. The van der Waals surface area contributed by atoms with Gasteiger partial charge < -0.3 is 29.5 Å². The lowest BCUT2D eigenvalue weighted by atomic mass is 9.71. The van der Waals surface area contributed by atoms with Crippen molar-refractivity contribution in [3.63, 3.8) is 0 Å². The Morgan fingerprint density at radius 2 is 0.600 bits per heavy atom. The van der Waals surface area contributed by atoms with E-state index in [1.54, 1.807) is 39.5 Å². The molecular formula is C49H106O6. The quantitative estimate of drug-likeness (QED) is 0.243. The second kappa shape index (κ2) is 64.9. The van der Waals surface area contributed by atoms with Crippen molar-refractivity contribution in [1.82, 2.24) is 0 Å². The van der Waals surface area contributed by atoms with E-state index in [0.717, 1.165) is 38.3 Å². The molecular weight excluding hydrogens is 685 g/mol. The summed E-state index contributed by atoms with van der Waals surface area (Å²) in [5.74, 6) is 2.17. The van der Waals surface area contributed by atoms with Crippen LogP contribution in [0.5, 0.6) is 0 Å². The molecule has 0 amide bonds. The molecule has 6 nitrogen and oxygen atoms in total. The van der Waals surface area contributed by atoms with Crippen LogP contribution in [0.25, 0.3) is 0 Å². The third-order valence-corrected chi connectivity index (χ3v) is 8.65. The molecule has 5 unspecified atom stereocenters. The van der Waals surface area contributed by atoms with Crippen LogP contribution >= 0.6 is 0 Å². The first-order valence-corrected chi connectivity index (χ1v) is 23.9. The summed E-state index contributed by atoms with van der Waals surface area (Å²) in [6.45, 7) is 38.6. The summed E-state index contributed by atoms with van der Waals surface area (Å²) in [6, 6.07) is 12.0. The van der Waals surface area contributed by atoms with Gasteiger partial charge in [-0.15, -0.1) is 0 Å². The van der Waals surface area contributed by atoms with Crippen LogP contribution < -0.4 is 0 Å². The molecule has 55 heavy (non-hydrogen) atoms. The number of aliphatic hydroxyl groups is 3. The summed E-state index contributed by atoms with van der Waals surface area (Å²) in [6.07, 6.45) is 17.8. The molecule has 2 saturated heterocycles. The zero-order chi connectivity index (χ0) is 44.1. The van der Waals surface area contributed by atoms with Crippen molar-refractivity contribution in [3.8, 4) is 0 Å². The highest BCUT2D eigenvalue weighted by Gasteiger charge is 2.39. The molecule has 0 spiro atoms. The first kappa shape index (κ1) is 68.6. The van der Waals surface area contributed by atoms with Gasteiger partial charge in [0.05, 0.1) is 38.6 Å². The Balaban J connectivity index is -0.0000000972. The van der Waals surface area contributed by atoms with Gasteiger partial charge in [0.2, 0.25) is 0 Å². The molecule has 2 aliphatic heterocycles. The van der Waals surface area contributed by atoms with E-state index < -0.39 is 18.5 Å². The van der Waals surface area contributed by atoms with E-state index in [4.69, 9.17) is 24.4 Å². The molecule has 1 aromatic rings. The van der Waals surface area contributed by atoms with E-state index in [0.29, 0.717) is 0 Å². The van der Waals surface area contributed by atoms with E-state index in [1.807, 2.05) is 147 Å². The van der Waals surface area contributed by atoms with Gasteiger partial charge in [0, 0.05) is 5.92 Å². The van der Waals surface area contributed by atoms with Gasteiger partial charge in [-0.05, 0) is 18.8 Å². The Kier molecular flexibility index (Phi) is 81.0. The van der Waals surface area contributed by atoms with Crippen LogP contribution in [0.15, 0.2) is 36.4 Å². The molecule has 2 heterocycles. The van der Waals surface area contributed by atoms with E-state index in [2.05, 4.69) is 0 Å². The van der Waals surface area contributed by atoms with Crippen LogP contribution in [0, 0.1) is 17.8 Å². The van der Waals surface area contributed by atoms with E-state index >= 15 is 0 Å². The Morgan fingerprint density at radius 3 is 0.818 bits per heavy atom. The molecule has 6 rings (SSSR count). The topological polar surface area (TPSA) is 88.4 Å². The number of aliphatic hydroxyl groups excluding tert-OH is 3. The Labute approximate surface area is 348 Å². The molecule has 1 aromatic carbocycles. The average Bonchev–Trinajstić information content (AvgIpc) is 3.33. The highest BCUT2D eigenvalue weighted by Crippen LogP contribution is 2.40. The molecule has 3 aliphatic carbocycles. The predicted octanol–water partition coefficient (Wildman–Crippen LogP) is 14.7. The number of hydrogen-bond acceptors (Lipinski definition) is 6. The van der Waals surface area contributed by atoms with Crippen LogP contribution in [-0.4, -0.2) is 66.3 Å². The second-order valence-corrected chi connectivity index (χ2v) is 11.7. The maximum Gasteiger partial charge on any atom is 0.183 e. The average molecular weight is 791 g/mol. The Bertz CT molecular complexity index is 567. The lowest BCUT2D eigenvalue weighted by Gasteiger charge is -2.37. The van der Waals surface area contributed by atoms with Gasteiger partial charge in [-0.25, -0.2) is 0 Å². The molecule has 0 aromatic heterocycles. The van der Waals surface area contributed by atoms with Gasteiger partial charge in [0.15, 0.2) is 6.29 Å². The van der Waals surface area contributed by atoms with Crippen LogP contribution in [0.4, 0.5) is 0 Å². The molecule has 5 aliphatic rings. The highest BCUT2D eigenvalue weighted by atomic mass is 16.6. The summed E-state index contributed by atoms with van der Waals surface area (Å²) in [7, 11) is 0. The number of ether oxygens (including phenoxy) is 3. The van der Waals surface area contributed by atoms with Crippen molar-refractivity contribution < 1.29 is 29.5 Å². The van der Waals surface area contributed by atoms with Gasteiger partial charge in [-0.1, -0.05) is 244 Å². The number of hydrogen-bond donors (Lipinski definition) is 3. The fraction of sp³-hybridized carbons (Fsp3) is 0.878. The molecule has 5 fully saturated rings. The van der Waals surface area contributed by atoms with E-state index in [-0.39, 0.29) is 12.0 Å². The minimum absolute atomic E-state index is 0.145. The minimum Gasteiger partial charge on any atom is -0.390 e. The zero-order valence-corrected chi connectivity index (χ0v) is 40.8. The number of benzene rings is 1. The van der Waals surface area contributed by atoms with Gasteiger partial charge >= 0.3 is 0 Å². The summed E-state index contributed by atoms with van der Waals surface area (Å²) in [5, 5.41) is 27.4. The lowest BCUT2D eigenvalue weighted by Crippen LogP contribution is -2.52. The molecule has 0 bridgehead atoms. The fourth-order valence-electron chi connectivity index (χ4n) is 5.92. The summed E-state index contributed by atoms with van der Waals surface area (Å²) in [5.41, 5.74) is 0. The molecule has 3 N–H and O–H groups in total. The van der Waals surface area contributed by atoms with E-state index in [9.17, 15) is 5.11 Å². The maximum atomic E-state index is 9.30. The smallest absolute Gasteiger partial charge is 0.183 e. The van der Waals surface area contributed by atoms with Gasteiger partial charge in [-0.2, -0.15) is 0 Å². The van der Waals surface area contributed by atoms with Crippen molar-refractivity contribution in [3.05, 3.63) is 36.4 Å². The largest absolute Gasteiger partial charge is 0.390 e. The van der Waals surface area contributed by atoms with Crippen molar-refractivity contribution in [2.24, 2.45) is 17.8 Å². The normalized spacial score (nSPS) is 24.9. The number of rotatable bonds is 0. The van der Waals surface area contributed by atoms with Crippen LogP contribution in [0.3, 0.4) is 0 Å². The van der Waals surface area contributed by atoms with Crippen molar-refractivity contribution in [1.29, 1.82) is 0 Å². The summed E-state index contributed by atoms with van der Waals surface area (Å²) >= 11 is 0. The summed E-state index contributed by atoms with van der Waals surface area (Å²) < 4.78 is 14.8. The zero-order valence-electron chi connectivity index (χ0n) is 40.8. The lowest BCUT2D eigenvalue weighted by molar-refractivity contribution is -0.261. The van der Waals surface area contributed by atoms with E-state index in [1.165, 1.54) is 64.2 Å². The van der Waals surface area contributed by atoms with Crippen molar-refractivity contribution >= 4 is 0 Å². The molecule has 0 radical (unpaired) electrons. The third kappa shape index (κ3) is 45.6. The van der Waals surface area contributed by atoms with Crippen LogP contribution in [-0.2, 0) is 14.2 Å². The monoisotopic (exact) mass is 791 g/mol. The summed E-state index contributed by atoms with van der Waals surface area (Å²) in [4.78, 5) is 0. The second-order valence-electron chi connectivity index (χ2n) is 11.7. The Morgan fingerprint density at radius 1 is 0.364 bits per heavy atom. The molecule has 6 heteroatoms. The highest BCUT2D eigenvalue weighted by molar-refractivity contribution is 4.99. The molecule has 3 saturated carbocycles. The number of fused-ring (bicyclic) bond motifs is 1. The van der Waals surface area contributed by atoms with Gasteiger partial charge in [0.25, 0.3) is 0 Å². The Hall–Kier alpha value is -1.02. The molecule has 5 atom stereocenters. The van der Waals surface area contributed by atoms with Crippen molar-refractivity contribution in [2.75, 3.05) is 26.4 Å². The third-order valence-electron chi connectivity index (χ3n) is 8.65. The maximum absolute atomic E-state index is 9.30. The minimum atomic E-state index is -1.25. The fourth-order valence-corrected chi connectivity index (χ4v) is 5.92. The first-order valence-electron chi connectivity index (χ1n) is 23.9. The first-order chi connectivity index (χ1) is 27.0. The van der Waals surface area contributed by atoms with Gasteiger partial charge in [0.1, 0.15) is 6.10 Å². The van der Waals surface area contributed by atoms with Crippen LogP contribution in [0.1, 0.15) is 215 Å². The SMILES string of the molecule is C1CCC2CCCCC2C1.C1CCCCC1.C1COCCO1.CC.CC.CC.CC.CC.CC.CC.CC.CC1OC(O)C(O)C(O)C1C.c1ccccc1. The molecule has 338 valence electrons. The van der Waals surface area contributed by atoms with Crippen molar-refractivity contribution in [2.45, 2.75) is 239 Å². The van der Waals surface area contributed by atoms with Crippen LogP contribution in [0.2, 0.25) is 0 Å². The van der Waals surface area contributed by atoms with Gasteiger partial charge in [-0.3, -0.25) is 0 Å². The predicted molar refractivity (Wildman–Crippen MR) is 248 cm³/mol.